The third kappa shape index (κ3) is 2.88. The van der Waals surface area contributed by atoms with Crippen molar-refractivity contribution in [2.24, 2.45) is 13.0 Å². The first-order chi connectivity index (χ1) is 13.0. The average molecular weight is 355 g/mol. The highest BCUT2D eigenvalue weighted by Gasteiger charge is 2.21. The van der Waals surface area contributed by atoms with Crippen LogP contribution in [-0.4, -0.2) is 0 Å². The number of benzene rings is 2. The Morgan fingerprint density at radius 1 is 1.11 bits per heavy atom. The number of nitrogens with zero attached hydrogens (tertiary/aromatic N) is 2. The fourth-order valence-electron chi connectivity index (χ4n) is 3.84. The Labute approximate surface area is 159 Å². The topological polar surface area (TPSA) is 40.8 Å². The van der Waals surface area contributed by atoms with Crippen LogP contribution in [0.1, 0.15) is 30.5 Å². The molecule has 0 unspecified atom stereocenters. The summed E-state index contributed by atoms with van der Waals surface area (Å²) in [5.74, 6) is 0.486. The van der Waals surface area contributed by atoms with Gasteiger partial charge in [-0.2, -0.15) is 5.26 Å². The lowest BCUT2D eigenvalue weighted by molar-refractivity contribution is -0.660. The number of hydrogen-bond acceptors (Lipinski definition) is 2. The molecule has 134 valence electrons. The lowest BCUT2D eigenvalue weighted by Crippen LogP contribution is -2.30. The van der Waals surface area contributed by atoms with E-state index in [9.17, 15) is 5.26 Å². The standard InChI is InChI=1S/C24H23N2O/c1-15(2)11-17-13-22-20(12-18(17)14-25)19-9-8-16(3)23(24(19)27-22)21-7-5-6-10-26(21)4/h5-10,12-13,15H,11H2,1-4H3/q+1. The molecule has 4 aromatic rings. The Kier molecular flexibility index (Phi) is 4.20. The molecule has 0 saturated heterocycles. The van der Waals surface area contributed by atoms with Gasteiger partial charge in [0, 0.05) is 22.9 Å². The quantitative estimate of drug-likeness (QED) is 0.458. The molecule has 0 fully saturated rings. The maximum Gasteiger partial charge on any atom is 0.216 e. The van der Waals surface area contributed by atoms with Gasteiger partial charge in [0.05, 0.1) is 17.2 Å². The van der Waals surface area contributed by atoms with E-state index in [2.05, 4.69) is 55.7 Å². The summed E-state index contributed by atoms with van der Waals surface area (Å²) in [6, 6.07) is 16.8. The van der Waals surface area contributed by atoms with Crippen LogP contribution in [0, 0.1) is 24.2 Å². The second kappa shape index (κ2) is 6.55. The smallest absolute Gasteiger partial charge is 0.216 e. The molecule has 3 heteroatoms. The van der Waals surface area contributed by atoms with E-state index in [0.717, 1.165) is 50.7 Å². The molecule has 0 atom stereocenters. The lowest BCUT2D eigenvalue weighted by Gasteiger charge is -2.06. The van der Waals surface area contributed by atoms with Crippen molar-refractivity contribution in [3.63, 3.8) is 0 Å². The van der Waals surface area contributed by atoms with E-state index in [1.54, 1.807) is 0 Å². The Morgan fingerprint density at radius 3 is 2.63 bits per heavy atom. The lowest BCUT2D eigenvalue weighted by atomic mass is 9.96. The van der Waals surface area contributed by atoms with Gasteiger partial charge in [-0.25, -0.2) is 4.57 Å². The fraction of sp³-hybridized carbons (Fsp3) is 0.250. The molecule has 0 saturated carbocycles. The molecule has 2 aromatic carbocycles. The maximum atomic E-state index is 9.63. The second-order valence-corrected chi connectivity index (χ2v) is 7.65. The predicted octanol–water partition coefficient (Wildman–Crippen LogP) is 5.46. The molecule has 2 heterocycles. The van der Waals surface area contributed by atoms with E-state index < -0.39 is 0 Å². The molecule has 2 aromatic heterocycles. The Hall–Kier alpha value is -3.12. The van der Waals surface area contributed by atoms with Crippen LogP contribution in [0.2, 0.25) is 0 Å². The van der Waals surface area contributed by atoms with Crippen LogP contribution in [0.4, 0.5) is 0 Å². The molecular formula is C24H23N2O+. The zero-order valence-corrected chi connectivity index (χ0v) is 16.2. The number of aromatic nitrogens is 1. The monoisotopic (exact) mass is 355 g/mol. The molecule has 27 heavy (non-hydrogen) atoms. The van der Waals surface area contributed by atoms with Gasteiger partial charge in [-0.15, -0.1) is 0 Å². The van der Waals surface area contributed by atoms with E-state index in [-0.39, 0.29) is 0 Å². The van der Waals surface area contributed by atoms with Crippen LogP contribution in [-0.2, 0) is 13.5 Å². The number of hydrogen-bond donors (Lipinski definition) is 0. The first-order valence-corrected chi connectivity index (χ1v) is 9.33. The molecule has 0 amide bonds. The van der Waals surface area contributed by atoms with Gasteiger partial charge >= 0.3 is 0 Å². The van der Waals surface area contributed by atoms with E-state index in [4.69, 9.17) is 4.42 Å². The van der Waals surface area contributed by atoms with Crippen LogP contribution < -0.4 is 4.57 Å². The minimum absolute atomic E-state index is 0.486. The highest BCUT2D eigenvalue weighted by Crippen LogP contribution is 2.38. The third-order valence-corrected chi connectivity index (χ3v) is 5.13. The van der Waals surface area contributed by atoms with Crippen LogP contribution in [0.15, 0.2) is 53.1 Å². The molecular weight excluding hydrogens is 332 g/mol. The number of rotatable bonds is 3. The maximum absolute atomic E-state index is 9.63. The molecule has 0 aliphatic rings. The average Bonchev–Trinajstić information content (AvgIpc) is 2.98. The normalized spacial score (nSPS) is 11.4. The van der Waals surface area contributed by atoms with Crippen LogP contribution in [0.25, 0.3) is 33.2 Å². The minimum Gasteiger partial charge on any atom is -0.455 e. The summed E-state index contributed by atoms with van der Waals surface area (Å²) in [5, 5.41) is 11.7. The highest BCUT2D eigenvalue weighted by molar-refractivity contribution is 6.10. The molecule has 0 radical (unpaired) electrons. The molecule has 0 aliphatic carbocycles. The molecule has 0 spiro atoms. The zero-order valence-electron chi connectivity index (χ0n) is 16.2. The number of nitriles is 1. The molecule has 0 N–H and O–H groups in total. The van der Waals surface area contributed by atoms with Crippen molar-refractivity contribution in [1.29, 1.82) is 5.26 Å². The Balaban J connectivity index is 2.06. The van der Waals surface area contributed by atoms with Gasteiger partial charge in [0.25, 0.3) is 0 Å². The number of pyridine rings is 1. The highest BCUT2D eigenvalue weighted by atomic mass is 16.3. The van der Waals surface area contributed by atoms with Gasteiger partial charge in [0.15, 0.2) is 6.20 Å². The summed E-state index contributed by atoms with van der Waals surface area (Å²) in [6.45, 7) is 6.45. The van der Waals surface area contributed by atoms with Gasteiger partial charge in [0.2, 0.25) is 5.69 Å². The first-order valence-electron chi connectivity index (χ1n) is 9.33. The summed E-state index contributed by atoms with van der Waals surface area (Å²) in [4.78, 5) is 0. The van der Waals surface area contributed by atoms with Gasteiger partial charge in [-0.3, -0.25) is 0 Å². The summed E-state index contributed by atoms with van der Waals surface area (Å²) < 4.78 is 8.48. The van der Waals surface area contributed by atoms with E-state index in [0.29, 0.717) is 5.92 Å². The number of furan rings is 1. The van der Waals surface area contributed by atoms with Crippen molar-refractivity contribution >= 4 is 21.9 Å². The van der Waals surface area contributed by atoms with Crippen molar-refractivity contribution in [1.82, 2.24) is 0 Å². The Bertz CT molecular complexity index is 1210. The van der Waals surface area contributed by atoms with Crippen LogP contribution in [0.3, 0.4) is 0 Å². The fourth-order valence-corrected chi connectivity index (χ4v) is 3.84. The van der Waals surface area contributed by atoms with E-state index in [1.807, 2.05) is 31.4 Å². The Morgan fingerprint density at radius 2 is 1.93 bits per heavy atom. The summed E-state index contributed by atoms with van der Waals surface area (Å²) in [6.07, 6.45) is 2.92. The molecule has 4 rings (SSSR count). The SMILES string of the molecule is Cc1ccc2c(oc3cc(CC(C)C)c(C#N)cc32)c1-c1cccc[n+]1C. The van der Waals surface area contributed by atoms with Gasteiger partial charge < -0.3 is 4.42 Å². The largest absolute Gasteiger partial charge is 0.455 e. The van der Waals surface area contributed by atoms with Gasteiger partial charge in [0.1, 0.15) is 18.2 Å². The van der Waals surface area contributed by atoms with E-state index >= 15 is 0 Å². The van der Waals surface area contributed by atoms with Gasteiger partial charge in [-0.1, -0.05) is 26.0 Å². The van der Waals surface area contributed by atoms with Gasteiger partial charge in [-0.05, 0) is 48.6 Å². The van der Waals surface area contributed by atoms with Crippen molar-refractivity contribution in [3.05, 3.63) is 65.4 Å². The molecule has 0 bridgehead atoms. The van der Waals surface area contributed by atoms with Crippen LogP contribution in [0.5, 0.6) is 0 Å². The summed E-state index contributed by atoms with van der Waals surface area (Å²) in [7, 11) is 2.05. The number of aryl methyl sites for hydroxylation is 2. The van der Waals surface area contributed by atoms with Crippen molar-refractivity contribution < 1.29 is 8.98 Å². The first kappa shape index (κ1) is 17.3. The van der Waals surface area contributed by atoms with Crippen molar-refractivity contribution in [2.75, 3.05) is 0 Å². The second-order valence-electron chi connectivity index (χ2n) is 7.65. The third-order valence-electron chi connectivity index (χ3n) is 5.13. The minimum atomic E-state index is 0.486. The zero-order chi connectivity index (χ0) is 19.1. The summed E-state index contributed by atoms with van der Waals surface area (Å²) in [5.41, 5.74) is 6.93. The van der Waals surface area contributed by atoms with Crippen molar-refractivity contribution in [2.45, 2.75) is 27.2 Å². The molecule has 0 aliphatic heterocycles. The predicted molar refractivity (Wildman–Crippen MR) is 108 cm³/mol. The number of fused-ring (bicyclic) bond motifs is 3. The van der Waals surface area contributed by atoms with Crippen LogP contribution >= 0.6 is 0 Å². The van der Waals surface area contributed by atoms with Crippen molar-refractivity contribution in [3.8, 4) is 17.3 Å². The molecule has 3 nitrogen and oxygen atoms in total. The summed E-state index contributed by atoms with van der Waals surface area (Å²) >= 11 is 0. The van der Waals surface area contributed by atoms with E-state index in [1.165, 1.54) is 5.56 Å².